The molecule has 2 amide bonds. The van der Waals surface area contributed by atoms with Gasteiger partial charge in [0.1, 0.15) is 6.04 Å². The van der Waals surface area contributed by atoms with Gasteiger partial charge in [0.2, 0.25) is 0 Å². The van der Waals surface area contributed by atoms with Gasteiger partial charge in [-0.15, -0.1) is 0 Å². The monoisotopic (exact) mass is 340 g/mol. The SMILES string of the molecule is Cc1ccccc1C(C#N)N1CCN(C(=O)NC2CCCCC2)CC1. The van der Waals surface area contributed by atoms with Crippen LogP contribution in [-0.2, 0) is 0 Å². The molecule has 1 aromatic carbocycles. The minimum absolute atomic E-state index is 0.0657. The van der Waals surface area contributed by atoms with Crippen molar-refractivity contribution in [3.8, 4) is 6.07 Å². The van der Waals surface area contributed by atoms with Crippen LogP contribution in [0.2, 0.25) is 0 Å². The molecule has 1 aromatic rings. The summed E-state index contributed by atoms with van der Waals surface area (Å²) >= 11 is 0. The second kappa shape index (κ2) is 8.35. The van der Waals surface area contributed by atoms with Gasteiger partial charge in [0.15, 0.2) is 0 Å². The van der Waals surface area contributed by atoms with Crippen molar-refractivity contribution in [2.75, 3.05) is 26.2 Å². The number of amides is 2. The Morgan fingerprint density at radius 3 is 2.48 bits per heavy atom. The minimum atomic E-state index is -0.232. The van der Waals surface area contributed by atoms with Gasteiger partial charge >= 0.3 is 6.03 Å². The maximum absolute atomic E-state index is 12.5. The molecule has 0 spiro atoms. The van der Waals surface area contributed by atoms with Gasteiger partial charge in [0.05, 0.1) is 6.07 Å². The van der Waals surface area contributed by atoms with E-state index in [1.807, 2.05) is 36.1 Å². The summed E-state index contributed by atoms with van der Waals surface area (Å²) in [6.45, 7) is 4.90. The van der Waals surface area contributed by atoms with E-state index < -0.39 is 0 Å². The summed E-state index contributed by atoms with van der Waals surface area (Å²) in [6.07, 6.45) is 5.95. The van der Waals surface area contributed by atoms with E-state index >= 15 is 0 Å². The molecule has 1 N–H and O–H groups in total. The summed E-state index contributed by atoms with van der Waals surface area (Å²) in [4.78, 5) is 16.6. The Balaban J connectivity index is 1.55. The Labute approximate surface area is 150 Å². The van der Waals surface area contributed by atoms with E-state index in [9.17, 15) is 10.1 Å². The first-order valence-corrected chi connectivity index (χ1v) is 9.43. The highest BCUT2D eigenvalue weighted by Gasteiger charge is 2.28. The average Bonchev–Trinajstić information content (AvgIpc) is 2.65. The molecule has 2 fully saturated rings. The van der Waals surface area contributed by atoms with Crippen molar-refractivity contribution in [2.45, 2.75) is 51.1 Å². The average molecular weight is 340 g/mol. The van der Waals surface area contributed by atoms with E-state index in [0.717, 1.165) is 37.1 Å². The second-order valence-electron chi connectivity index (χ2n) is 7.20. The van der Waals surface area contributed by atoms with Crippen molar-refractivity contribution in [1.82, 2.24) is 15.1 Å². The minimum Gasteiger partial charge on any atom is -0.335 e. The second-order valence-corrected chi connectivity index (χ2v) is 7.20. The predicted molar refractivity (Wildman–Crippen MR) is 98.1 cm³/mol. The fraction of sp³-hybridized carbons (Fsp3) is 0.600. The van der Waals surface area contributed by atoms with Crippen LogP contribution in [0.3, 0.4) is 0 Å². The zero-order chi connectivity index (χ0) is 17.6. The number of urea groups is 1. The molecular weight excluding hydrogens is 312 g/mol. The van der Waals surface area contributed by atoms with Crippen LogP contribution in [-0.4, -0.2) is 48.1 Å². The number of rotatable bonds is 3. The molecule has 3 rings (SSSR count). The van der Waals surface area contributed by atoms with Gasteiger partial charge in [-0.25, -0.2) is 4.79 Å². The summed E-state index contributed by atoms with van der Waals surface area (Å²) in [6, 6.07) is 10.7. The van der Waals surface area contributed by atoms with Crippen LogP contribution in [0, 0.1) is 18.3 Å². The van der Waals surface area contributed by atoms with Crippen LogP contribution in [0.4, 0.5) is 4.79 Å². The number of hydrogen-bond donors (Lipinski definition) is 1. The maximum atomic E-state index is 12.5. The quantitative estimate of drug-likeness (QED) is 0.919. The first-order chi connectivity index (χ1) is 12.2. The van der Waals surface area contributed by atoms with Crippen molar-refractivity contribution < 1.29 is 4.79 Å². The number of nitrogens with zero attached hydrogens (tertiary/aromatic N) is 3. The van der Waals surface area contributed by atoms with E-state index in [4.69, 9.17) is 0 Å². The standard InChI is InChI=1S/C20H28N4O/c1-16-7-5-6-10-18(16)19(15-21)23-11-13-24(14-12-23)20(25)22-17-8-3-2-4-9-17/h5-7,10,17,19H,2-4,8-9,11-14H2,1H3,(H,22,25). The normalized spacial score (nSPS) is 20.7. The fourth-order valence-corrected chi connectivity index (χ4v) is 3.94. The van der Waals surface area contributed by atoms with Crippen LogP contribution in [0.15, 0.2) is 24.3 Å². The predicted octanol–water partition coefficient (Wildman–Crippen LogP) is 3.22. The summed E-state index contributed by atoms with van der Waals surface area (Å²) in [5, 5.41) is 12.9. The van der Waals surface area contributed by atoms with Crippen LogP contribution >= 0.6 is 0 Å². The van der Waals surface area contributed by atoms with Gasteiger partial charge < -0.3 is 10.2 Å². The highest BCUT2D eigenvalue weighted by atomic mass is 16.2. The molecule has 1 aliphatic heterocycles. The Bertz CT molecular complexity index is 625. The summed E-state index contributed by atoms with van der Waals surface area (Å²) in [7, 11) is 0. The number of benzene rings is 1. The molecule has 1 unspecified atom stereocenters. The van der Waals surface area contributed by atoms with Crippen molar-refractivity contribution in [3.63, 3.8) is 0 Å². The maximum Gasteiger partial charge on any atom is 0.317 e. The highest BCUT2D eigenvalue weighted by molar-refractivity contribution is 5.74. The molecule has 0 bridgehead atoms. The molecular formula is C20H28N4O. The smallest absolute Gasteiger partial charge is 0.317 e. The first kappa shape index (κ1) is 17.8. The Hall–Kier alpha value is -2.06. The van der Waals surface area contributed by atoms with Crippen LogP contribution in [0.25, 0.3) is 0 Å². The number of carbonyl (C=O) groups is 1. The molecule has 1 heterocycles. The van der Waals surface area contributed by atoms with Gasteiger partial charge in [-0.2, -0.15) is 5.26 Å². The van der Waals surface area contributed by atoms with Gasteiger partial charge in [-0.1, -0.05) is 43.5 Å². The van der Waals surface area contributed by atoms with E-state index in [1.165, 1.54) is 19.3 Å². The van der Waals surface area contributed by atoms with E-state index in [2.05, 4.69) is 16.3 Å². The summed E-state index contributed by atoms with van der Waals surface area (Å²) in [5.74, 6) is 0. The number of aryl methyl sites for hydroxylation is 1. The third kappa shape index (κ3) is 4.32. The summed E-state index contributed by atoms with van der Waals surface area (Å²) in [5.41, 5.74) is 2.22. The molecule has 25 heavy (non-hydrogen) atoms. The molecule has 2 aliphatic rings. The molecule has 1 atom stereocenters. The largest absolute Gasteiger partial charge is 0.335 e. The van der Waals surface area contributed by atoms with Crippen molar-refractivity contribution in [2.24, 2.45) is 0 Å². The lowest BCUT2D eigenvalue weighted by molar-refractivity contribution is 0.121. The van der Waals surface area contributed by atoms with Gasteiger partial charge in [0, 0.05) is 32.2 Å². The molecule has 5 nitrogen and oxygen atoms in total. The van der Waals surface area contributed by atoms with Gasteiger partial charge in [-0.05, 0) is 30.9 Å². The molecule has 1 aliphatic carbocycles. The Morgan fingerprint density at radius 2 is 1.84 bits per heavy atom. The number of hydrogen-bond acceptors (Lipinski definition) is 3. The number of nitriles is 1. The number of piperazine rings is 1. The third-order valence-corrected chi connectivity index (χ3v) is 5.50. The van der Waals surface area contributed by atoms with Crippen molar-refractivity contribution in [3.05, 3.63) is 35.4 Å². The molecule has 134 valence electrons. The lowest BCUT2D eigenvalue weighted by Gasteiger charge is -2.38. The van der Waals surface area contributed by atoms with Gasteiger partial charge in [0.25, 0.3) is 0 Å². The molecule has 5 heteroatoms. The Morgan fingerprint density at radius 1 is 1.16 bits per heavy atom. The molecule has 0 aromatic heterocycles. The topological polar surface area (TPSA) is 59.4 Å². The fourth-order valence-electron chi connectivity index (χ4n) is 3.94. The zero-order valence-electron chi connectivity index (χ0n) is 15.1. The summed E-state index contributed by atoms with van der Waals surface area (Å²) < 4.78 is 0. The van der Waals surface area contributed by atoms with Crippen LogP contribution in [0.1, 0.15) is 49.3 Å². The lowest BCUT2D eigenvalue weighted by atomic mass is 9.96. The number of nitrogens with one attached hydrogen (secondary N) is 1. The molecule has 0 radical (unpaired) electrons. The van der Waals surface area contributed by atoms with E-state index in [-0.39, 0.29) is 12.1 Å². The van der Waals surface area contributed by atoms with E-state index in [1.54, 1.807) is 0 Å². The van der Waals surface area contributed by atoms with Crippen molar-refractivity contribution in [1.29, 1.82) is 5.26 Å². The van der Waals surface area contributed by atoms with Crippen molar-refractivity contribution >= 4 is 6.03 Å². The van der Waals surface area contributed by atoms with E-state index in [0.29, 0.717) is 19.1 Å². The first-order valence-electron chi connectivity index (χ1n) is 9.43. The lowest BCUT2D eigenvalue weighted by Crippen LogP contribution is -2.54. The Kier molecular flexibility index (Phi) is 5.93. The highest BCUT2D eigenvalue weighted by Crippen LogP contribution is 2.24. The van der Waals surface area contributed by atoms with Crippen LogP contribution < -0.4 is 5.32 Å². The van der Waals surface area contributed by atoms with Gasteiger partial charge in [-0.3, -0.25) is 4.90 Å². The molecule has 1 saturated carbocycles. The molecule has 1 saturated heterocycles. The third-order valence-electron chi connectivity index (χ3n) is 5.50. The zero-order valence-corrected chi connectivity index (χ0v) is 15.1. The number of carbonyl (C=O) groups excluding carboxylic acids is 1. The van der Waals surface area contributed by atoms with Crippen LogP contribution in [0.5, 0.6) is 0 Å².